The summed E-state index contributed by atoms with van der Waals surface area (Å²) in [5, 5.41) is 7.32. The maximum Gasteiger partial charge on any atom is 0.269 e. The lowest BCUT2D eigenvalue weighted by Crippen LogP contribution is -2.40. The van der Waals surface area contributed by atoms with Crippen LogP contribution in [0.25, 0.3) is 0 Å². The molecular formula is C13H24N4O. The molecule has 0 aromatic carbocycles. The Balaban J connectivity index is 2.79. The minimum absolute atomic E-state index is 0.0652. The molecule has 1 rings (SSSR count). The first-order chi connectivity index (χ1) is 8.49. The molecule has 1 amide bonds. The van der Waals surface area contributed by atoms with Gasteiger partial charge in [0, 0.05) is 12.6 Å². The molecule has 0 spiro atoms. The molecule has 0 bridgehead atoms. The second-order valence-electron chi connectivity index (χ2n) is 4.89. The Hall–Kier alpha value is -1.36. The summed E-state index contributed by atoms with van der Waals surface area (Å²) in [5.41, 5.74) is 7.06. The molecule has 18 heavy (non-hydrogen) atoms. The number of aromatic nitrogens is 2. The van der Waals surface area contributed by atoms with Gasteiger partial charge in [0.2, 0.25) is 0 Å². The molecule has 0 aliphatic heterocycles. The Labute approximate surface area is 109 Å². The van der Waals surface area contributed by atoms with Crippen molar-refractivity contribution >= 4 is 5.91 Å². The van der Waals surface area contributed by atoms with Crippen LogP contribution in [0.3, 0.4) is 0 Å². The van der Waals surface area contributed by atoms with Crippen LogP contribution in [0.15, 0.2) is 6.07 Å². The number of nitrogens with one attached hydrogen (secondary N) is 1. The standard InChI is InChI=1S/C13H24N4O/c1-5-17-12(8-10(4)16-17)13(18)15-11(6-7-14)9(2)3/h8-9,11H,5-7,14H2,1-4H3,(H,15,18). The fourth-order valence-electron chi connectivity index (χ4n) is 1.96. The lowest BCUT2D eigenvalue weighted by molar-refractivity contribution is 0.0913. The predicted octanol–water partition coefficient (Wildman–Crippen LogP) is 1.31. The molecule has 1 atom stereocenters. The number of aryl methyl sites for hydroxylation is 2. The maximum absolute atomic E-state index is 12.2. The molecule has 0 aliphatic carbocycles. The van der Waals surface area contributed by atoms with Crippen molar-refractivity contribution in [2.75, 3.05) is 6.54 Å². The van der Waals surface area contributed by atoms with Crippen molar-refractivity contribution in [1.29, 1.82) is 0 Å². The predicted molar refractivity (Wildman–Crippen MR) is 72.4 cm³/mol. The summed E-state index contributed by atoms with van der Waals surface area (Å²) in [5.74, 6) is 0.307. The van der Waals surface area contributed by atoms with Gasteiger partial charge in [-0.3, -0.25) is 9.48 Å². The zero-order valence-corrected chi connectivity index (χ0v) is 11.7. The summed E-state index contributed by atoms with van der Waals surface area (Å²) in [6.07, 6.45) is 0.794. The molecule has 1 unspecified atom stereocenters. The molecule has 1 heterocycles. The van der Waals surface area contributed by atoms with Crippen LogP contribution in [-0.2, 0) is 6.54 Å². The number of nitrogens with two attached hydrogens (primary N) is 1. The Bertz CT molecular complexity index is 398. The van der Waals surface area contributed by atoms with Gasteiger partial charge in [-0.2, -0.15) is 5.10 Å². The highest BCUT2D eigenvalue weighted by Crippen LogP contribution is 2.09. The van der Waals surface area contributed by atoms with Crippen molar-refractivity contribution in [3.8, 4) is 0 Å². The van der Waals surface area contributed by atoms with Crippen LogP contribution in [0.5, 0.6) is 0 Å². The highest BCUT2D eigenvalue weighted by molar-refractivity contribution is 5.92. The van der Waals surface area contributed by atoms with E-state index in [1.165, 1.54) is 0 Å². The summed E-state index contributed by atoms with van der Waals surface area (Å²) in [6.45, 7) is 9.31. The molecule has 3 N–H and O–H groups in total. The molecule has 0 fully saturated rings. The Morgan fingerprint density at radius 3 is 2.72 bits per heavy atom. The third-order valence-corrected chi connectivity index (χ3v) is 3.03. The fourth-order valence-corrected chi connectivity index (χ4v) is 1.96. The monoisotopic (exact) mass is 252 g/mol. The number of rotatable bonds is 6. The van der Waals surface area contributed by atoms with Crippen molar-refractivity contribution in [3.05, 3.63) is 17.5 Å². The van der Waals surface area contributed by atoms with Gasteiger partial charge < -0.3 is 11.1 Å². The molecule has 0 saturated carbocycles. The molecule has 0 radical (unpaired) electrons. The first kappa shape index (κ1) is 14.7. The number of carbonyl (C=O) groups excluding carboxylic acids is 1. The summed E-state index contributed by atoms with van der Waals surface area (Å²) in [4.78, 5) is 12.2. The SMILES string of the molecule is CCn1nc(C)cc1C(=O)NC(CCN)C(C)C. The molecule has 5 heteroatoms. The van der Waals surface area contributed by atoms with Crippen LogP contribution in [0, 0.1) is 12.8 Å². The van der Waals surface area contributed by atoms with Gasteiger partial charge in [-0.05, 0) is 38.8 Å². The van der Waals surface area contributed by atoms with E-state index in [1.807, 2.05) is 19.9 Å². The van der Waals surface area contributed by atoms with E-state index in [2.05, 4.69) is 24.3 Å². The Morgan fingerprint density at radius 1 is 1.56 bits per heavy atom. The quantitative estimate of drug-likeness (QED) is 0.802. The van der Waals surface area contributed by atoms with E-state index >= 15 is 0 Å². The average Bonchev–Trinajstić information content (AvgIpc) is 2.69. The van der Waals surface area contributed by atoms with Gasteiger partial charge in [-0.1, -0.05) is 13.8 Å². The normalized spacial score (nSPS) is 12.8. The lowest BCUT2D eigenvalue weighted by Gasteiger charge is -2.21. The highest BCUT2D eigenvalue weighted by Gasteiger charge is 2.19. The zero-order chi connectivity index (χ0) is 13.7. The van der Waals surface area contributed by atoms with E-state index in [4.69, 9.17) is 5.73 Å². The molecule has 0 saturated heterocycles. The molecule has 5 nitrogen and oxygen atoms in total. The van der Waals surface area contributed by atoms with Crippen LogP contribution in [0.2, 0.25) is 0 Å². The lowest BCUT2D eigenvalue weighted by atomic mass is 10.0. The van der Waals surface area contributed by atoms with Crippen molar-refractivity contribution in [1.82, 2.24) is 15.1 Å². The van der Waals surface area contributed by atoms with Gasteiger partial charge >= 0.3 is 0 Å². The van der Waals surface area contributed by atoms with E-state index in [9.17, 15) is 4.79 Å². The summed E-state index contributed by atoms with van der Waals surface area (Å²) in [7, 11) is 0. The van der Waals surface area contributed by atoms with Crippen molar-refractivity contribution < 1.29 is 4.79 Å². The minimum Gasteiger partial charge on any atom is -0.348 e. The van der Waals surface area contributed by atoms with Crippen LogP contribution >= 0.6 is 0 Å². The summed E-state index contributed by atoms with van der Waals surface area (Å²) < 4.78 is 1.73. The van der Waals surface area contributed by atoms with Gasteiger partial charge in [0.1, 0.15) is 5.69 Å². The highest BCUT2D eigenvalue weighted by atomic mass is 16.2. The number of hydrogen-bond acceptors (Lipinski definition) is 3. The van der Waals surface area contributed by atoms with Crippen LogP contribution < -0.4 is 11.1 Å². The van der Waals surface area contributed by atoms with Crippen molar-refractivity contribution in [3.63, 3.8) is 0 Å². The van der Waals surface area contributed by atoms with Crippen LogP contribution in [0.4, 0.5) is 0 Å². The molecule has 1 aromatic heterocycles. The second-order valence-corrected chi connectivity index (χ2v) is 4.89. The second kappa shape index (κ2) is 6.54. The van der Waals surface area contributed by atoms with Crippen LogP contribution in [-0.4, -0.2) is 28.3 Å². The number of nitrogens with zero attached hydrogens (tertiary/aromatic N) is 2. The van der Waals surface area contributed by atoms with Crippen molar-refractivity contribution in [2.45, 2.75) is 46.7 Å². The van der Waals surface area contributed by atoms with E-state index in [-0.39, 0.29) is 11.9 Å². The fraction of sp³-hybridized carbons (Fsp3) is 0.692. The smallest absolute Gasteiger partial charge is 0.269 e. The van der Waals surface area contributed by atoms with E-state index in [0.29, 0.717) is 24.7 Å². The molecule has 0 aliphatic rings. The van der Waals surface area contributed by atoms with Gasteiger partial charge in [0.25, 0.3) is 5.91 Å². The minimum atomic E-state index is -0.0652. The summed E-state index contributed by atoms with van der Waals surface area (Å²) >= 11 is 0. The van der Waals surface area contributed by atoms with Gasteiger partial charge in [0.05, 0.1) is 5.69 Å². The van der Waals surface area contributed by atoms with Crippen LogP contribution in [0.1, 0.15) is 43.4 Å². The van der Waals surface area contributed by atoms with E-state index in [1.54, 1.807) is 4.68 Å². The first-order valence-electron chi connectivity index (χ1n) is 6.55. The third-order valence-electron chi connectivity index (χ3n) is 3.03. The van der Waals surface area contributed by atoms with E-state index < -0.39 is 0 Å². The Kier molecular flexibility index (Phi) is 5.34. The molecular weight excluding hydrogens is 228 g/mol. The summed E-state index contributed by atoms with van der Waals surface area (Å²) in [6, 6.07) is 1.93. The first-order valence-corrected chi connectivity index (χ1v) is 6.55. The molecule has 1 aromatic rings. The average molecular weight is 252 g/mol. The van der Waals surface area contributed by atoms with E-state index in [0.717, 1.165) is 12.1 Å². The zero-order valence-electron chi connectivity index (χ0n) is 11.7. The van der Waals surface area contributed by atoms with Gasteiger partial charge in [-0.15, -0.1) is 0 Å². The topological polar surface area (TPSA) is 72.9 Å². The van der Waals surface area contributed by atoms with Gasteiger partial charge in [0.15, 0.2) is 0 Å². The Morgan fingerprint density at radius 2 is 2.22 bits per heavy atom. The van der Waals surface area contributed by atoms with Crippen molar-refractivity contribution in [2.24, 2.45) is 11.7 Å². The third kappa shape index (κ3) is 3.57. The number of carbonyl (C=O) groups is 1. The van der Waals surface area contributed by atoms with Gasteiger partial charge in [-0.25, -0.2) is 0 Å². The number of hydrogen-bond donors (Lipinski definition) is 2. The maximum atomic E-state index is 12.2. The molecule has 102 valence electrons. The number of amides is 1. The largest absolute Gasteiger partial charge is 0.348 e.